The first-order valence-electron chi connectivity index (χ1n) is 9.55. The lowest BCUT2D eigenvalue weighted by Crippen LogP contribution is -2.24. The summed E-state index contributed by atoms with van der Waals surface area (Å²) in [5, 5.41) is 0. The highest BCUT2D eigenvalue weighted by Gasteiger charge is 2.34. The molecule has 1 aromatic heterocycles. The van der Waals surface area contributed by atoms with Crippen molar-refractivity contribution in [3.63, 3.8) is 0 Å². The molecule has 4 nitrogen and oxygen atoms in total. The minimum absolute atomic E-state index is 0.0927. The summed E-state index contributed by atoms with van der Waals surface area (Å²) in [7, 11) is 0. The number of imidazole rings is 1. The Kier molecular flexibility index (Phi) is 4.56. The van der Waals surface area contributed by atoms with Gasteiger partial charge in [0.2, 0.25) is 5.91 Å². The lowest BCUT2D eigenvalue weighted by atomic mass is 10.1. The second-order valence-electron chi connectivity index (χ2n) is 7.43. The Hall–Kier alpha value is -2.88. The summed E-state index contributed by atoms with van der Waals surface area (Å²) in [6.07, 6.45) is 1.50. The third-order valence-corrected chi connectivity index (χ3v) is 5.26. The van der Waals surface area contributed by atoms with E-state index >= 15 is 0 Å². The molecule has 27 heavy (non-hydrogen) atoms. The highest BCUT2D eigenvalue weighted by molar-refractivity contribution is 5.96. The van der Waals surface area contributed by atoms with Crippen molar-refractivity contribution in [3.05, 3.63) is 72.1 Å². The second-order valence-corrected chi connectivity index (χ2v) is 7.43. The van der Waals surface area contributed by atoms with Crippen molar-refractivity contribution in [1.29, 1.82) is 0 Å². The lowest BCUT2D eigenvalue weighted by molar-refractivity contribution is -0.117. The summed E-state index contributed by atoms with van der Waals surface area (Å²) in [5.74, 6) is 1.24. The van der Waals surface area contributed by atoms with Crippen molar-refractivity contribution >= 4 is 22.6 Å². The molecule has 1 amide bonds. The highest BCUT2D eigenvalue weighted by atomic mass is 16.2. The van der Waals surface area contributed by atoms with Gasteiger partial charge in [0.15, 0.2) is 0 Å². The average Bonchev–Trinajstić information content (AvgIpc) is 3.22. The number of anilines is 1. The lowest BCUT2D eigenvalue weighted by Gasteiger charge is -2.18. The number of benzene rings is 2. The first-order chi connectivity index (χ1) is 13.1. The number of nitrogens with zero attached hydrogens (tertiary/aromatic N) is 3. The molecule has 0 saturated carbocycles. The molecule has 0 bridgehead atoms. The molecular weight excluding hydrogens is 334 g/mol. The van der Waals surface area contributed by atoms with Gasteiger partial charge in [0.05, 0.1) is 11.0 Å². The average molecular weight is 359 g/mol. The predicted molar refractivity (Wildman–Crippen MR) is 110 cm³/mol. The van der Waals surface area contributed by atoms with Crippen LogP contribution >= 0.6 is 0 Å². The molecule has 0 unspecified atom stereocenters. The van der Waals surface area contributed by atoms with E-state index in [1.165, 1.54) is 5.56 Å². The number of carbonyl (C=O) groups excluding carboxylic acids is 1. The monoisotopic (exact) mass is 359 g/mol. The Morgan fingerprint density at radius 1 is 1.19 bits per heavy atom. The number of amides is 1. The van der Waals surface area contributed by atoms with Crippen LogP contribution in [0.25, 0.3) is 11.0 Å². The van der Waals surface area contributed by atoms with E-state index in [4.69, 9.17) is 4.98 Å². The molecule has 2 heterocycles. The number of fused-ring (bicyclic) bond motifs is 1. The number of para-hydroxylation sites is 2. The summed E-state index contributed by atoms with van der Waals surface area (Å²) in [6, 6.07) is 16.5. The zero-order chi connectivity index (χ0) is 19.0. The van der Waals surface area contributed by atoms with Gasteiger partial charge >= 0.3 is 0 Å². The van der Waals surface area contributed by atoms with Gasteiger partial charge in [0.1, 0.15) is 5.82 Å². The van der Waals surface area contributed by atoms with Crippen LogP contribution in [0.15, 0.2) is 60.7 Å². The maximum absolute atomic E-state index is 12.7. The number of carbonyl (C=O) groups is 1. The number of aryl methyl sites for hydroxylation is 1. The number of allylic oxidation sites excluding steroid dienone is 1. The minimum Gasteiger partial charge on any atom is -0.324 e. The summed E-state index contributed by atoms with van der Waals surface area (Å²) in [6.45, 7) is 9.64. The molecule has 0 radical (unpaired) electrons. The van der Waals surface area contributed by atoms with Crippen molar-refractivity contribution < 1.29 is 4.79 Å². The summed E-state index contributed by atoms with van der Waals surface area (Å²) >= 11 is 0. The molecule has 0 aliphatic carbocycles. The topological polar surface area (TPSA) is 38.1 Å². The van der Waals surface area contributed by atoms with E-state index in [-0.39, 0.29) is 11.8 Å². The van der Waals surface area contributed by atoms with Gasteiger partial charge in [0, 0.05) is 31.1 Å². The van der Waals surface area contributed by atoms with Crippen LogP contribution in [-0.4, -0.2) is 22.0 Å². The summed E-state index contributed by atoms with van der Waals surface area (Å²) < 4.78 is 2.22. The smallest absolute Gasteiger partial charge is 0.227 e. The Bertz CT molecular complexity index is 1000. The van der Waals surface area contributed by atoms with Gasteiger partial charge in [0.25, 0.3) is 0 Å². The molecular formula is C23H25N3O. The van der Waals surface area contributed by atoms with Crippen LogP contribution in [0.3, 0.4) is 0 Å². The largest absolute Gasteiger partial charge is 0.324 e. The highest BCUT2D eigenvalue weighted by Crippen LogP contribution is 2.33. The van der Waals surface area contributed by atoms with Crippen LogP contribution < -0.4 is 4.90 Å². The molecule has 1 aliphatic rings. The summed E-state index contributed by atoms with van der Waals surface area (Å²) in [5.41, 5.74) is 5.42. The normalized spacial score (nSPS) is 17.0. The molecule has 1 aliphatic heterocycles. The van der Waals surface area contributed by atoms with Crippen LogP contribution in [-0.2, 0) is 17.8 Å². The van der Waals surface area contributed by atoms with Gasteiger partial charge in [-0.2, -0.15) is 0 Å². The van der Waals surface area contributed by atoms with Crippen molar-refractivity contribution in [2.24, 2.45) is 0 Å². The first-order valence-corrected chi connectivity index (χ1v) is 9.55. The van der Waals surface area contributed by atoms with Gasteiger partial charge in [-0.05, 0) is 43.2 Å². The van der Waals surface area contributed by atoms with Crippen LogP contribution in [0, 0.1) is 0 Å². The van der Waals surface area contributed by atoms with E-state index in [1.54, 1.807) is 0 Å². The Labute approximate surface area is 160 Å². The van der Waals surface area contributed by atoms with Crippen molar-refractivity contribution in [2.45, 2.75) is 39.2 Å². The van der Waals surface area contributed by atoms with Gasteiger partial charge in [-0.1, -0.05) is 43.3 Å². The van der Waals surface area contributed by atoms with E-state index in [0.29, 0.717) is 13.0 Å². The maximum Gasteiger partial charge on any atom is 0.227 e. The molecule has 2 aromatic carbocycles. The predicted octanol–water partition coefficient (Wildman–Crippen LogP) is 4.70. The van der Waals surface area contributed by atoms with Crippen LogP contribution in [0.4, 0.5) is 5.69 Å². The second kappa shape index (κ2) is 7.03. The number of aromatic nitrogens is 2. The maximum atomic E-state index is 12.7. The van der Waals surface area contributed by atoms with Crippen LogP contribution in [0.1, 0.15) is 37.6 Å². The van der Waals surface area contributed by atoms with Gasteiger partial charge in [-0.25, -0.2) is 4.98 Å². The molecule has 1 atom stereocenters. The van der Waals surface area contributed by atoms with Crippen molar-refractivity contribution in [1.82, 2.24) is 9.55 Å². The molecule has 138 valence electrons. The molecule has 1 fully saturated rings. The third-order valence-electron chi connectivity index (χ3n) is 5.26. The molecule has 4 rings (SSSR count). The number of hydrogen-bond acceptors (Lipinski definition) is 2. The Morgan fingerprint density at radius 3 is 2.63 bits per heavy atom. The molecule has 0 N–H and O–H groups in total. The quantitative estimate of drug-likeness (QED) is 0.620. The fraction of sp³-hybridized carbons (Fsp3) is 0.304. The van der Waals surface area contributed by atoms with Gasteiger partial charge < -0.3 is 9.47 Å². The molecule has 0 spiro atoms. The van der Waals surface area contributed by atoms with Crippen LogP contribution in [0.5, 0.6) is 0 Å². The number of hydrogen-bond donors (Lipinski definition) is 0. The summed E-state index contributed by atoms with van der Waals surface area (Å²) in [4.78, 5) is 19.5. The first kappa shape index (κ1) is 17.5. The van der Waals surface area contributed by atoms with E-state index in [9.17, 15) is 4.79 Å². The van der Waals surface area contributed by atoms with E-state index < -0.39 is 0 Å². The van der Waals surface area contributed by atoms with Crippen LogP contribution in [0.2, 0.25) is 0 Å². The SMILES string of the molecule is C=C(C)Cn1c([C@H]2CC(=O)N(c3ccc(CC)cc3)C2)nc2ccccc21. The third kappa shape index (κ3) is 3.27. The molecule has 1 saturated heterocycles. The molecule has 3 aromatic rings. The zero-order valence-electron chi connectivity index (χ0n) is 16.0. The van der Waals surface area contributed by atoms with Crippen molar-refractivity contribution in [3.8, 4) is 0 Å². The fourth-order valence-electron chi connectivity index (χ4n) is 3.88. The van der Waals surface area contributed by atoms with Gasteiger partial charge in [-0.15, -0.1) is 0 Å². The number of rotatable bonds is 5. The Morgan fingerprint density at radius 2 is 1.93 bits per heavy atom. The molecule has 4 heteroatoms. The van der Waals surface area contributed by atoms with Crippen molar-refractivity contribution in [2.75, 3.05) is 11.4 Å². The zero-order valence-corrected chi connectivity index (χ0v) is 16.0. The minimum atomic E-state index is 0.0927. The van der Waals surface area contributed by atoms with E-state index in [2.05, 4.69) is 48.4 Å². The Balaban J connectivity index is 1.68. The van der Waals surface area contributed by atoms with E-state index in [0.717, 1.165) is 41.1 Å². The fourth-order valence-corrected chi connectivity index (χ4v) is 3.88. The van der Waals surface area contributed by atoms with E-state index in [1.807, 2.05) is 30.0 Å². The van der Waals surface area contributed by atoms with Gasteiger partial charge in [-0.3, -0.25) is 4.79 Å². The standard InChI is InChI=1S/C23H25N3O/c1-4-17-9-11-19(12-10-17)25-15-18(13-22(25)27)23-24-20-7-5-6-8-21(20)26(23)14-16(2)3/h5-12,18H,2,4,13-15H2,1,3H3/t18-/m0/s1.